The average molecular weight is 197 g/mol. The van der Waals surface area contributed by atoms with Crippen LogP contribution in [0.15, 0.2) is 41.0 Å². The lowest BCUT2D eigenvalue weighted by Gasteiger charge is -1.91. The third-order valence-corrected chi connectivity index (χ3v) is 1.59. The third kappa shape index (κ3) is 2.00. The first-order chi connectivity index (χ1) is 5.86. The Morgan fingerprint density at radius 3 is 2.38 bits per heavy atom. The highest BCUT2D eigenvalue weighted by atomic mass is 35.5. The van der Waals surface area contributed by atoms with Gasteiger partial charge in [0.05, 0.1) is 0 Å². The van der Waals surface area contributed by atoms with Crippen LogP contribution in [0.25, 0.3) is 11.3 Å². The summed E-state index contributed by atoms with van der Waals surface area (Å²) in [4.78, 5) is 3.99. The van der Waals surface area contributed by atoms with Crippen molar-refractivity contribution in [2.45, 2.75) is 0 Å². The van der Waals surface area contributed by atoms with Crippen LogP contribution in [0.5, 0.6) is 0 Å². The van der Waals surface area contributed by atoms with Crippen LogP contribution in [0.3, 0.4) is 0 Å². The van der Waals surface area contributed by atoms with Gasteiger partial charge in [-0.15, -0.1) is 12.4 Å². The highest BCUT2D eigenvalue weighted by molar-refractivity contribution is 5.85. The number of nitrogen functional groups attached to an aromatic ring is 1. The van der Waals surface area contributed by atoms with Crippen molar-refractivity contribution < 1.29 is 4.42 Å². The Kier molecular flexibility index (Phi) is 2.93. The molecule has 1 aromatic carbocycles. The Morgan fingerprint density at radius 2 is 1.85 bits per heavy atom. The van der Waals surface area contributed by atoms with Crippen molar-refractivity contribution in [3.63, 3.8) is 0 Å². The van der Waals surface area contributed by atoms with E-state index in [1.807, 2.05) is 30.3 Å². The molecule has 0 fully saturated rings. The molecule has 2 rings (SSSR count). The van der Waals surface area contributed by atoms with Crippen molar-refractivity contribution in [3.05, 3.63) is 36.6 Å². The second-order valence-electron chi connectivity index (χ2n) is 2.44. The molecule has 0 atom stereocenters. The first-order valence-electron chi connectivity index (χ1n) is 3.63. The summed E-state index contributed by atoms with van der Waals surface area (Å²) in [6, 6.07) is 9.95. The summed E-state index contributed by atoms with van der Waals surface area (Å²) < 4.78 is 4.89. The van der Waals surface area contributed by atoms with E-state index in [0.717, 1.165) is 11.3 Å². The van der Waals surface area contributed by atoms with Crippen LogP contribution in [0, 0.1) is 0 Å². The molecule has 1 aromatic heterocycles. The van der Waals surface area contributed by atoms with Gasteiger partial charge in [-0.25, -0.2) is 0 Å². The van der Waals surface area contributed by atoms with E-state index in [1.54, 1.807) is 6.26 Å². The Labute approximate surface area is 82.0 Å². The van der Waals surface area contributed by atoms with Gasteiger partial charge in [-0.3, -0.25) is 0 Å². The van der Waals surface area contributed by atoms with Gasteiger partial charge < -0.3 is 10.2 Å². The number of nitrogens with zero attached hydrogens (tertiary/aromatic N) is 1. The van der Waals surface area contributed by atoms with E-state index < -0.39 is 0 Å². The zero-order chi connectivity index (χ0) is 8.39. The lowest BCUT2D eigenvalue weighted by molar-refractivity contribution is 0.581. The smallest absolute Gasteiger partial charge is 0.292 e. The monoisotopic (exact) mass is 196 g/mol. The zero-order valence-corrected chi connectivity index (χ0v) is 7.62. The lowest BCUT2D eigenvalue weighted by Crippen LogP contribution is -1.82. The molecule has 0 saturated carbocycles. The number of benzene rings is 1. The minimum atomic E-state index is 0. The maximum Gasteiger partial charge on any atom is 0.292 e. The van der Waals surface area contributed by atoms with Crippen molar-refractivity contribution >= 4 is 18.4 Å². The van der Waals surface area contributed by atoms with Crippen molar-refractivity contribution in [1.82, 2.24) is 4.98 Å². The van der Waals surface area contributed by atoms with Crippen molar-refractivity contribution in [2.24, 2.45) is 0 Å². The highest BCUT2D eigenvalue weighted by Crippen LogP contribution is 2.18. The Bertz CT molecular complexity index is 372. The van der Waals surface area contributed by atoms with Gasteiger partial charge in [0, 0.05) is 5.56 Å². The number of rotatable bonds is 1. The van der Waals surface area contributed by atoms with E-state index in [1.165, 1.54) is 0 Å². The van der Waals surface area contributed by atoms with Gasteiger partial charge in [-0.1, -0.05) is 30.3 Å². The standard InChI is InChI=1S/C9H8N2O.ClH/c10-9-11-8(6-12-9)7-4-2-1-3-5-7;/h1-6H,(H2,10,11);1H. The van der Waals surface area contributed by atoms with Crippen molar-refractivity contribution in [2.75, 3.05) is 5.73 Å². The minimum Gasteiger partial charge on any atom is -0.432 e. The van der Waals surface area contributed by atoms with E-state index in [-0.39, 0.29) is 18.4 Å². The summed E-state index contributed by atoms with van der Waals surface area (Å²) in [5.74, 6) is 0. The summed E-state index contributed by atoms with van der Waals surface area (Å²) in [5.41, 5.74) is 7.12. The number of nitrogens with two attached hydrogens (primary N) is 1. The SMILES string of the molecule is Cl.Nc1nc(-c2ccccc2)co1. The van der Waals surface area contributed by atoms with Crippen LogP contribution in [-0.4, -0.2) is 4.98 Å². The van der Waals surface area contributed by atoms with Crippen molar-refractivity contribution in [3.8, 4) is 11.3 Å². The van der Waals surface area contributed by atoms with E-state index in [2.05, 4.69) is 4.98 Å². The largest absolute Gasteiger partial charge is 0.432 e. The summed E-state index contributed by atoms with van der Waals surface area (Å²) in [5, 5.41) is 0. The van der Waals surface area contributed by atoms with E-state index in [9.17, 15) is 0 Å². The lowest BCUT2D eigenvalue weighted by atomic mass is 10.2. The second-order valence-corrected chi connectivity index (χ2v) is 2.44. The zero-order valence-electron chi connectivity index (χ0n) is 6.81. The molecule has 0 spiro atoms. The molecule has 0 aliphatic rings. The number of hydrogen-bond donors (Lipinski definition) is 1. The number of hydrogen-bond acceptors (Lipinski definition) is 3. The molecule has 0 bridgehead atoms. The summed E-state index contributed by atoms with van der Waals surface area (Å²) in [7, 11) is 0. The predicted molar refractivity (Wildman–Crippen MR) is 53.6 cm³/mol. The molecule has 0 unspecified atom stereocenters. The molecule has 3 nitrogen and oxygen atoms in total. The van der Waals surface area contributed by atoms with Gasteiger partial charge in [-0.2, -0.15) is 4.98 Å². The van der Waals surface area contributed by atoms with E-state index in [0.29, 0.717) is 0 Å². The Morgan fingerprint density at radius 1 is 1.15 bits per heavy atom. The molecular weight excluding hydrogens is 188 g/mol. The summed E-state index contributed by atoms with van der Waals surface area (Å²) in [6.07, 6.45) is 1.55. The maximum atomic E-state index is 5.34. The fourth-order valence-corrected chi connectivity index (χ4v) is 1.03. The van der Waals surface area contributed by atoms with Crippen LogP contribution < -0.4 is 5.73 Å². The fraction of sp³-hybridized carbons (Fsp3) is 0. The average Bonchev–Trinajstić information content (AvgIpc) is 2.54. The normalized spacial score (nSPS) is 9.23. The molecule has 4 heteroatoms. The van der Waals surface area contributed by atoms with Gasteiger partial charge in [0.1, 0.15) is 12.0 Å². The summed E-state index contributed by atoms with van der Waals surface area (Å²) >= 11 is 0. The van der Waals surface area contributed by atoms with Crippen LogP contribution >= 0.6 is 12.4 Å². The van der Waals surface area contributed by atoms with E-state index in [4.69, 9.17) is 10.2 Å². The number of anilines is 1. The fourth-order valence-electron chi connectivity index (χ4n) is 1.03. The second kappa shape index (κ2) is 3.96. The van der Waals surface area contributed by atoms with E-state index >= 15 is 0 Å². The van der Waals surface area contributed by atoms with Gasteiger partial charge in [0.25, 0.3) is 6.01 Å². The maximum absolute atomic E-state index is 5.34. The Hall–Kier alpha value is -1.48. The molecule has 0 aliphatic heterocycles. The quantitative estimate of drug-likeness (QED) is 0.762. The van der Waals surface area contributed by atoms with Gasteiger partial charge in [0.15, 0.2) is 0 Å². The summed E-state index contributed by atoms with van der Waals surface area (Å²) in [6.45, 7) is 0. The molecule has 1 heterocycles. The van der Waals surface area contributed by atoms with Gasteiger partial charge in [-0.05, 0) is 0 Å². The van der Waals surface area contributed by atoms with Gasteiger partial charge in [0.2, 0.25) is 0 Å². The molecule has 68 valence electrons. The van der Waals surface area contributed by atoms with Crippen LogP contribution in [0.2, 0.25) is 0 Å². The van der Waals surface area contributed by atoms with Crippen LogP contribution in [0.4, 0.5) is 6.01 Å². The topological polar surface area (TPSA) is 52.0 Å². The first-order valence-corrected chi connectivity index (χ1v) is 3.63. The minimum absolute atomic E-state index is 0. The molecule has 2 aromatic rings. The highest BCUT2D eigenvalue weighted by Gasteiger charge is 2.01. The molecule has 13 heavy (non-hydrogen) atoms. The van der Waals surface area contributed by atoms with Gasteiger partial charge >= 0.3 is 0 Å². The molecule has 0 radical (unpaired) electrons. The molecule has 2 N–H and O–H groups in total. The molecule has 0 amide bonds. The van der Waals surface area contributed by atoms with Crippen LogP contribution in [0.1, 0.15) is 0 Å². The van der Waals surface area contributed by atoms with Crippen LogP contribution in [-0.2, 0) is 0 Å². The molecule has 0 saturated heterocycles. The molecular formula is C9H9ClN2O. The first kappa shape index (κ1) is 9.61. The third-order valence-electron chi connectivity index (χ3n) is 1.59. The Balaban J connectivity index is 0.000000845. The number of aromatic nitrogens is 1. The predicted octanol–water partition coefficient (Wildman–Crippen LogP) is 2.35. The molecule has 0 aliphatic carbocycles. The number of halogens is 1. The van der Waals surface area contributed by atoms with Crippen molar-refractivity contribution in [1.29, 1.82) is 0 Å². The number of oxazole rings is 1.